The molecule has 2 rings (SSSR count). The van der Waals surface area contributed by atoms with Crippen molar-refractivity contribution in [1.29, 1.82) is 0 Å². The van der Waals surface area contributed by atoms with E-state index in [0.29, 0.717) is 5.65 Å². The van der Waals surface area contributed by atoms with Crippen molar-refractivity contribution in [2.24, 2.45) is 5.73 Å². The molecule has 2 aromatic rings. The Kier molecular flexibility index (Phi) is 2.24. The molecule has 2 heterocycles. The molecule has 0 aromatic carbocycles. The van der Waals surface area contributed by atoms with Crippen molar-refractivity contribution in [3.63, 3.8) is 0 Å². The molecule has 16 heavy (non-hydrogen) atoms. The van der Waals surface area contributed by atoms with E-state index in [4.69, 9.17) is 5.73 Å². The third kappa shape index (κ3) is 1.57. The Morgan fingerprint density at radius 3 is 2.50 bits per heavy atom. The number of aromatic amines is 1. The zero-order valence-corrected chi connectivity index (χ0v) is 10.1. The summed E-state index contributed by atoms with van der Waals surface area (Å²) < 4.78 is 0. The number of hydrogen-bond donors (Lipinski definition) is 2. The average molecular weight is 219 g/mol. The van der Waals surface area contributed by atoms with Crippen LogP contribution in [0.25, 0.3) is 11.2 Å². The molecule has 5 heteroatoms. The van der Waals surface area contributed by atoms with Gasteiger partial charge in [-0.2, -0.15) is 0 Å². The van der Waals surface area contributed by atoms with E-state index >= 15 is 0 Å². The fourth-order valence-electron chi connectivity index (χ4n) is 1.36. The van der Waals surface area contributed by atoms with E-state index in [2.05, 4.69) is 33.8 Å². The predicted molar refractivity (Wildman–Crippen MR) is 63.0 cm³/mol. The standard InChI is InChI=1S/C11H17N5/c1-10(2,11(3,4)12)9-15-7-5-13-6-14-8(7)16-9/h5-6H,12H2,1-4H3,(H,13,14,15,16). The molecule has 0 fully saturated rings. The number of H-pyrrole nitrogens is 1. The van der Waals surface area contributed by atoms with Crippen LogP contribution in [0.1, 0.15) is 33.5 Å². The van der Waals surface area contributed by atoms with Crippen LogP contribution in [0.15, 0.2) is 12.5 Å². The summed E-state index contributed by atoms with van der Waals surface area (Å²) in [5.74, 6) is 0.843. The quantitative estimate of drug-likeness (QED) is 0.799. The second kappa shape index (κ2) is 3.25. The van der Waals surface area contributed by atoms with Crippen LogP contribution in [0, 0.1) is 0 Å². The van der Waals surface area contributed by atoms with Crippen molar-refractivity contribution in [2.45, 2.75) is 38.6 Å². The number of nitrogens with zero attached hydrogens (tertiary/aromatic N) is 3. The summed E-state index contributed by atoms with van der Waals surface area (Å²) in [5.41, 5.74) is 7.07. The number of imidazole rings is 1. The second-order valence-corrected chi connectivity index (χ2v) is 5.19. The van der Waals surface area contributed by atoms with Crippen LogP contribution in [0.5, 0.6) is 0 Å². The van der Waals surface area contributed by atoms with Gasteiger partial charge in [0.1, 0.15) is 17.7 Å². The molecule has 0 unspecified atom stereocenters. The van der Waals surface area contributed by atoms with Crippen LogP contribution < -0.4 is 5.73 Å². The van der Waals surface area contributed by atoms with Gasteiger partial charge in [0.2, 0.25) is 0 Å². The van der Waals surface area contributed by atoms with Gasteiger partial charge >= 0.3 is 0 Å². The molecule has 0 aliphatic rings. The van der Waals surface area contributed by atoms with Crippen molar-refractivity contribution in [3.8, 4) is 0 Å². The maximum atomic E-state index is 6.17. The Hall–Kier alpha value is -1.49. The number of fused-ring (bicyclic) bond motifs is 1. The lowest BCUT2D eigenvalue weighted by atomic mass is 9.74. The van der Waals surface area contributed by atoms with Crippen LogP contribution in [0.4, 0.5) is 0 Å². The van der Waals surface area contributed by atoms with Crippen LogP contribution >= 0.6 is 0 Å². The Morgan fingerprint density at radius 1 is 1.25 bits per heavy atom. The maximum Gasteiger partial charge on any atom is 0.180 e. The largest absolute Gasteiger partial charge is 0.339 e. The molecule has 5 nitrogen and oxygen atoms in total. The van der Waals surface area contributed by atoms with Gasteiger partial charge in [0.05, 0.1) is 6.20 Å². The van der Waals surface area contributed by atoms with Gasteiger partial charge in [-0.3, -0.25) is 0 Å². The number of nitrogens with two attached hydrogens (primary N) is 1. The maximum absolute atomic E-state index is 6.17. The first-order valence-corrected chi connectivity index (χ1v) is 5.27. The monoisotopic (exact) mass is 219 g/mol. The average Bonchev–Trinajstić information content (AvgIpc) is 2.59. The Balaban J connectivity index is 2.56. The normalized spacial score (nSPS) is 13.3. The van der Waals surface area contributed by atoms with E-state index in [1.807, 2.05) is 13.8 Å². The lowest BCUT2D eigenvalue weighted by Gasteiger charge is -2.36. The van der Waals surface area contributed by atoms with Gasteiger partial charge in [-0.05, 0) is 13.8 Å². The molecule has 0 spiro atoms. The fourth-order valence-corrected chi connectivity index (χ4v) is 1.36. The lowest BCUT2D eigenvalue weighted by Crippen LogP contribution is -2.50. The molecule has 0 atom stereocenters. The lowest BCUT2D eigenvalue weighted by molar-refractivity contribution is 0.293. The van der Waals surface area contributed by atoms with Crippen molar-refractivity contribution in [1.82, 2.24) is 19.9 Å². The summed E-state index contributed by atoms with van der Waals surface area (Å²) >= 11 is 0. The van der Waals surface area contributed by atoms with Crippen molar-refractivity contribution in [2.75, 3.05) is 0 Å². The Labute approximate surface area is 94.5 Å². The first-order valence-electron chi connectivity index (χ1n) is 5.27. The Morgan fingerprint density at radius 2 is 1.94 bits per heavy atom. The van der Waals surface area contributed by atoms with Gasteiger partial charge in [-0.25, -0.2) is 15.0 Å². The van der Waals surface area contributed by atoms with Gasteiger partial charge in [-0.1, -0.05) is 13.8 Å². The molecule has 0 bridgehead atoms. The minimum Gasteiger partial charge on any atom is -0.339 e. The number of hydrogen-bond acceptors (Lipinski definition) is 4. The summed E-state index contributed by atoms with van der Waals surface area (Å²) in [6.07, 6.45) is 3.21. The zero-order chi connectivity index (χ0) is 12.0. The molecule has 0 radical (unpaired) electrons. The van der Waals surface area contributed by atoms with E-state index in [9.17, 15) is 0 Å². The second-order valence-electron chi connectivity index (χ2n) is 5.19. The molecule has 0 saturated heterocycles. The molecule has 0 saturated carbocycles. The smallest absolute Gasteiger partial charge is 0.180 e. The summed E-state index contributed by atoms with van der Waals surface area (Å²) in [5, 5.41) is 0. The molecule has 0 aliphatic carbocycles. The van der Waals surface area contributed by atoms with Gasteiger partial charge in [0.15, 0.2) is 5.65 Å². The molecular formula is C11H17N5. The third-order valence-corrected chi connectivity index (χ3v) is 3.36. The van der Waals surface area contributed by atoms with E-state index in [1.54, 1.807) is 6.20 Å². The van der Waals surface area contributed by atoms with Gasteiger partial charge in [0.25, 0.3) is 0 Å². The van der Waals surface area contributed by atoms with Crippen molar-refractivity contribution >= 4 is 11.2 Å². The van der Waals surface area contributed by atoms with Crippen LogP contribution in [-0.4, -0.2) is 25.5 Å². The zero-order valence-electron chi connectivity index (χ0n) is 10.1. The van der Waals surface area contributed by atoms with E-state index in [0.717, 1.165) is 11.3 Å². The number of rotatable bonds is 2. The summed E-state index contributed by atoms with van der Waals surface area (Å²) in [7, 11) is 0. The SMILES string of the molecule is CC(C)(N)C(C)(C)c1nc2ncncc2[nH]1. The molecule has 2 aromatic heterocycles. The summed E-state index contributed by atoms with van der Waals surface area (Å²) in [4.78, 5) is 15.8. The van der Waals surface area contributed by atoms with Gasteiger partial charge in [-0.15, -0.1) is 0 Å². The highest BCUT2D eigenvalue weighted by molar-refractivity contribution is 5.69. The molecule has 86 valence electrons. The molecule has 0 amide bonds. The molecule has 0 aliphatic heterocycles. The van der Waals surface area contributed by atoms with Gasteiger partial charge in [0, 0.05) is 11.0 Å². The highest BCUT2D eigenvalue weighted by atomic mass is 15.0. The first kappa shape index (κ1) is 11.0. The van der Waals surface area contributed by atoms with Gasteiger partial charge < -0.3 is 10.7 Å². The van der Waals surface area contributed by atoms with Crippen LogP contribution in [0.3, 0.4) is 0 Å². The topological polar surface area (TPSA) is 80.5 Å². The number of aromatic nitrogens is 4. The minimum absolute atomic E-state index is 0.256. The van der Waals surface area contributed by atoms with E-state index in [-0.39, 0.29) is 11.0 Å². The van der Waals surface area contributed by atoms with E-state index in [1.165, 1.54) is 6.33 Å². The van der Waals surface area contributed by atoms with Crippen LogP contribution in [-0.2, 0) is 5.41 Å². The minimum atomic E-state index is -0.367. The highest BCUT2D eigenvalue weighted by Crippen LogP contribution is 2.31. The van der Waals surface area contributed by atoms with Crippen molar-refractivity contribution < 1.29 is 0 Å². The highest BCUT2D eigenvalue weighted by Gasteiger charge is 2.37. The predicted octanol–water partition coefficient (Wildman–Crippen LogP) is 1.37. The fraction of sp³-hybridized carbons (Fsp3) is 0.545. The Bertz CT molecular complexity index is 473. The third-order valence-electron chi connectivity index (χ3n) is 3.36. The van der Waals surface area contributed by atoms with E-state index < -0.39 is 0 Å². The molecule has 3 N–H and O–H groups in total. The summed E-state index contributed by atoms with van der Waals surface area (Å²) in [6, 6.07) is 0. The first-order chi connectivity index (χ1) is 7.32. The molecular weight excluding hydrogens is 202 g/mol. The van der Waals surface area contributed by atoms with Crippen LogP contribution in [0.2, 0.25) is 0 Å². The van der Waals surface area contributed by atoms with Crippen molar-refractivity contribution in [3.05, 3.63) is 18.3 Å². The number of nitrogens with one attached hydrogen (secondary N) is 1. The summed E-state index contributed by atoms with van der Waals surface area (Å²) in [6.45, 7) is 8.12.